The summed E-state index contributed by atoms with van der Waals surface area (Å²) in [5.74, 6) is -1.77. The molecule has 1 amide bonds. The number of carbonyl (C=O) groups is 1. The molecule has 0 fully saturated rings. The average molecular weight is 436 g/mol. The van der Waals surface area contributed by atoms with E-state index in [0.717, 1.165) is 28.9 Å². The number of amides is 1. The third-order valence-corrected chi connectivity index (χ3v) is 3.98. The lowest BCUT2D eigenvalue weighted by Gasteiger charge is -2.07. The number of hydrogen-bond donors (Lipinski definition) is 1. The fourth-order valence-corrected chi connectivity index (χ4v) is 2.56. The molecule has 3 rings (SSSR count). The van der Waals surface area contributed by atoms with Gasteiger partial charge in [-0.3, -0.25) is 25.0 Å². The second-order valence-corrected chi connectivity index (χ2v) is 6.19. The maximum atomic E-state index is 13.3. The SMILES string of the molecule is O=C(Nc1ccc(Cl)cc1[N+](=O)[O-])c1ccn(COc2cc(F)ccc2[N+](=O)[O-])n1. The van der Waals surface area contributed by atoms with Gasteiger partial charge >= 0.3 is 5.69 Å². The molecule has 0 aliphatic rings. The maximum absolute atomic E-state index is 13.3. The Balaban J connectivity index is 1.72. The summed E-state index contributed by atoms with van der Waals surface area (Å²) < 4.78 is 19.7. The fourth-order valence-electron chi connectivity index (χ4n) is 2.39. The largest absolute Gasteiger partial charge is 0.464 e. The summed E-state index contributed by atoms with van der Waals surface area (Å²) in [5, 5.41) is 28.5. The van der Waals surface area contributed by atoms with Crippen molar-refractivity contribution in [3.8, 4) is 5.75 Å². The maximum Gasteiger partial charge on any atom is 0.311 e. The molecular weight excluding hydrogens is 425 g/mol. The van der Waals surface area contributed by atoms with E-state index in [1.165, 1.54) is 24.4 Å². The highest BCUT2D eigenvalue weighted by Gasteiger charge is 2.19. The van der Waals surface area contributed by atoms with Gasteiger partial charge in [-0.1, -0.05) is 11.6 Å². The minimum Gasteiger partial charge on any atom is -0.464 e. The summed E-state index contributed by atoms with van der Waals surface area (Å²) in [7, 11) is 0. The van der Waals surface area contributed by atoms with E-state index in [-0.39, 0.29) is 28.9 Å². The van der Waals surface area contributed by atoms with Gasteiger partial charge in [-0.05, 0) is 24.3 Å². The first-order valence-electron chi connectivity index (χ1n) is 8.10. The van der Waals surface area contributed by atoms with E-state index in [9.17, 15) is 29.4 Å². The summed E-state index contributed by atoms with van der Waals surface area (Å²) in [6.07, 6.45) is 1.34. The van der Waals surface area contributed by atoms with Crippen molar-refractivity contribution in [1.82, 2.24) is 9.78 Å². The molecule has 11 nitrogen and oxygen atoms in total. The summed E-state index contributed by atoms with van der Waals surface area (Å²) in [4.78, 5) is 33.0. The Morgan fingerprint density at radius 1 is 1.13 bits per heavy atom. The Morgan fingerprint density at radius 2 is 1.87 bits per heavy atom. The minimum atomic E-state index is -0.740. The number of aromatic nitrogens is 2. The molecule has 0 radical (unpaired) electrons. The molecule has 0 saturated carbocycles. The van der Waals surface area contributed by atoms with Crippen LogP contribution in [-0.4, -0.2) is 25.5 Å². The van der Waals surface area contributed by atoms with Crippen molar-refractivity contribution in [3.05, 3.63) is 85.4 Å². The monoisotopic (exact) mass is 435 g/mol. The number of nitrogens with one attached hydrogen (secondary N) is 1. The molecular formula is C17H11ClFN5O6. The van der Waals surface area contributed by atoms with E-state index in [0.29, 0.717) is 0 Å². The number of nitro benzene ring substituents is 2. The van der Waals surface area contributed by atoms with Gasteiger partial charge < -0.3 is 10.1 Å². The van der Waals surface area contributed by atoms with E-state index < -0.39 is 32.9 Å². The Kier molecular flexibility index (Phi) is 5.88. The van der Waals surface area contributed by atoms with Crippen LogP contribution in [0.1, 0.15) is 10.5 Å². The van der Waals surface area contributed by atoms with Crippen molar-refractivity contribution < 1.29 is 23.8 Å². The lowest BCUT2D eigenvalue weighted by molar-refractivity contribution is -0.386. The van der Waals surface area contributed by atoms with Gasteiger partial charge in [-0.25, -0.2) is 9.07 Å². The Labute approximate surface area is 171 Å². The topological polar surface area (TPSA) is 142 Å². The molecule has 1 heterocycles. The van der Waals surface area contributed by atoms with Crippen LogP contribution in [0.4, 0.5) is 21.5 Å². The van der Waals surface area contributed by atoms with Gasteiger partial charge in [0.15, 0.2) is 12.4 Å². The van der Waals surface area contributed by atoms with Gasteiger partial charge in [-0.15, -0.1) is 0 Å². The van der Waals surface area contributed by atoms with Crippen LogP contribution in [0.15, 0.2) is 48.7 Å². The Morgan fingerprint density at radius 3 is 2.57 bits per heavy atom. The molecule has 0 bridgehead atoms. The summed E-state index contributed by atoms with van der Waals surface area (Å²) in [6, 6.07) is 7.80. The average Bonchev–Trinajstić information content (AvgIpc) is 3.16. The van der Waals surface area contributed by atoms with Crippen LogP contribution in [0.3, 0.4) is 0 Å². The van der Waals surface area contributed by atoms with Crippen molar-refractivity contribution in [3.63, 3.8) is 0 Å². The van der Waals surface area contributed by atoms with Crippen LogP contribution in [0, 0.1) is 26.0 Å². The third kappa shape index (κ3) is 4.67. The van der Waals surface area contributed by atoms with Crippen LogP contribution >= 0.6 is 11.6 Å². The molecule has 0 aliphatic carbocycles. The number of ether oxygens (including phenoxy) is 1. The summed E-state index contributed by atoms with van der Waals surface area (Å²) in [6.45, 7) is -0.349. The first kappa shape index (κ1) is 20.7. The van der Waals surface area contributed by atoms with Gasteiger partial charge in [-0.2, -0.15) is 5.10 Å². The number of carbonyl (C=O) groups excluding carboxylic acids is 1. The van der Waals surface area contributed by atoms with E-state index in [1.54, 1.807) is 0 Å². The molecule has 2 aromatic carbocycles. The number of benzene rings is 2. The second-order valence-electron chi connectivity index (χ2n) is 5.76. The highest BCUT2D eigenvalue weighted by Crippen LogP contribution is 2.29. The van der Waals surface area contributed by atoms with Crippen molar-refractivity contribution in [2.75, 3.05) is 5.32 Å². The molecule has 0 atom stereocenters. The predicted molar refractivity (Wildman–Crippen MR) is 102 cm³/mol. The van der Waals surface area contributed by atoms with Crippen LogP contribution < -0.4 is 10.1 Å². The summed E-state index contributed by atoms with van der Waals surface area (Å²) in [5.41, 5.74) is -0.999. The van der Waals surface area contributed by atoms with Gasteiger partial charge in [0, 0.05) is 29.4 Å². The molecule has 1 N–H and O–H groups in total. The van der Waals surface area contributed by atoms with Crippen molar-refractivity contribution in [1.29, 1.82) is 0 Å². The normalized spacial score (nSPS) is 10.5. The fraction of sp³-hybridized carbons (Fsp3) is 0.0588. The number of hydrogen-bond acceptors (Lipinski definition) is 7. The smallest absolute Gasteiger partial charge is 0.311 e. The number of nitrogens with zero attached hydrogens (tertiary/aromatic N) is 4. The molecule has 0 spiro atoms. The lowest BCUT2D eigenvalue weighted by atomic mass is 10.2. The van der Waals surface area contributed by atoms with Crippen molar-refractivity contribution in [2.45, 2.75) is 6.73 Å². The standard InChI is InChI=1S/C17H11ClFN5O6/c18-10-1-3-12(15(7-10)24(28)29)20-17(25)13-5-6-22(21-13)9-30-16-8-11(19)2-4-14(16)23(26)27/h1-8H,9H2,(H,20,25). The highest BCUT2D eigenvalue weighted by molar-refractivity contribution is 6.31. The molecule has 0 unspecified atom stereocenters. The van der Waals surface area contributed by atoms with Gasteiger partial charge in [0.2, 0.25) is 5.75 Å². The molecule has 13 heteroatoms. The molecule has 3 aromatic rings. The molecule has 0 saturated heterocycles. The predicted octanol–water partition coefficient (Wildman–Crippen LogP) is 3.78. The molecule has 30 heavy (non-hydrogen) atoms. The zero-order chi connectivity index (χ0) is 21.8. The lowest BCUT2D eigenvalue weighted by Crippen LogP contribution is -2.15. The van der Waals surface area contributed by atoms with Crippen molar-refractivity contribution in [2.24, 2.45) is 0 Å². The molecule has 154 valence electrons. The van der Waals surface area contributed by atoms with E-state index >= 15 is 0 Å². The zero-order valence-corrected chi connectivity index (χ0v) is 15.6. The first-order valence-corrected chi connectivity index (χ1v) is 8.48. The van der Waals surface area contributed by atoms with Crippen LogP contribution in [-0.2, 0) is 6.73 Å². The number of rotatable bonds is 7. The Hall–Kier alpha value is -4.06. The van der Waals surface area contributed by atoms with Crippen LogP contribution in [0.2, 0.25) is 5.02 Å². The van der Waals surface area contributed by atoms with Crippen molar-refractivity contribution >= 4 is 34.6 Å². The Bertz CT molecular complexity index is 1150. The highest BCUT2D eigenvalue weighted by atomic mass is 35.5. The van der Waals surface area contributed by atoms with E-state index in [2.05, 4.69) is 10.4 Å². The first-order chi connectivity index (χ1) is 14.2. The number of nitro groups is 2. The van der Waals surface area contributed by atoms with Gasteiger partial charge in [0.1, 0.15) is 11.5 Å². The van der Waals surface area contributed by atoms with E-state index in [4.69, 9.17) is 16.3 Å². The van der Waals surface area contributed by atoms with Gasteiger partial charge in [0.05, 0.1) is 9.85 Å². The molecule has 1 aromatic heterocycles. The quantitative estimate of drug-likeness (QED) is 0.439. The third-order valence-electron chi connectivity index (χ3n) is 3.75. The van der Waals surface area contributed by atoms with Gasteiger partial charge in [0.25, 0.3) is 11.6 Å². The number of anilines is 1. The zero-order valence-electron chi connectivity index (χ0n) is 14.8. The van der Waals surface area contributed by atoms with Crippen LogP contribution in [0.25, 0.3) is 0 Å². The second kappa shape index (κ2) is 8.53. The molecule has 0 aliphatic heterocycles. The van der Waals surface area contributed by atoms with Crippen LogP contribution in [0.5, 0.6) is 5.75 Å². The van der Waals surface area contributed by atoms with E-state index in [1.807, 2.05) is 0 Å². The minimum absolute atomic E-state index is 0.0735. The summed E-state index contributed by atoms with van der Waals surface area (Å²) >= 11 is 5.73. The number of halogens is 2.